The van der Waals surface area contributed by atoms with Gasteiger partial charge in [0.2, 0.25) is 0 Å². The number of carbonyl (C=O) groups is 2. The highest BCUT2D eigenvalue weighted by Gasteiger charge is 2.27. The first kappa shape index (κ1) is 56.6. The number of phosphoric acid groups is 1. The van der Waals surface area contributed by atoms with Crippen molar-refractivity contribution < 1.29 is 52.9 Å². The van der Waals surface area contributed by atoms with E-state index in [-0.39, 0.29) is 19.4 Å². The molecular formula is C48H77O11P. The molecule has 12 heteroatoms. The lowest BCUT2D eigenvalue weighted by atomic mass is 10.1. The van der Waals surface area contributed by atoms with Gasteiger partial charge in [0, 0.05) is 12.8 Å². The fourth-order valence-corrected chi connectivity index (χ4v) is 5.88. The van der Waals surface area contributed by atoms with Gasteiger partial charge in [-0.3, -0.25) is 18.6 Å². The van der Waals surface area contributed by atoms with Gasteiger partial charge in [0.15, 0.2) is 6.10 Å². The molecule has 11 nitrogen and oxygen atoms in total. The monoisotopic (exact) mass is 861 g/mol. The van der Waals surface area contributed by atoms with Crippen molar-refractivity contribution in [1.82, 2.24) is 0 Å². The standard InChI is InChI=1S/C48H77O11P/c1-3-5-7-9-11-12-13-14-15-16-17-18-19-20-21-22-26-30-34-38-47(52)56-42-46(43-58-60(54,55)57-41-45(51)40-49)59-48(53)39-35-31-27-24-23-25-29-33-37-44(50)36-32-28-10-8-6-4-2/h6,8,11-12,14-15,17-18,20-21,24-25,27-29,32-33,37,44-46,49-51H,3-5,7,9-10,13,16,19,22-23,26,30-31,34-36,38-43H2,1-2H3,(H,54,55)/b8-6-,12-11-,15-14-,18-17-,21-20-,27-24-,29-25-,32-28-,37-33+/t44?,45-,46+/m0/s1. The van der Waals surface area contributed by atoms with Gasteiger partial charge in [-0.05, 0) is 89.9 Å². The summed E-state index contributed by atoms with van der Waals surface area (Å²) in [5.41, 5.74) is 0. The van der Waals surface area contributed by atoms with E-state index < -0.39 is 57.9 Å². The van der Waals surface area contributed by atoms with Crippen molar-refractivity contribution in [3.63, 3.8) is 0 Å². The van der Waals surface area contributed by atoms with E-state index in [1.54, 1.807) is 6.08 Å². The van der Waals surface area contributed by atoms with Gasteiger partial charge in [0.1, 0.15) is 12.7 Å². The number of esters is 2. The molecule has 0 saturated carbocycles. The van der Waals surface area contributed by atoms with E-state index in [2.05, 4.69) is 79.1 Å². The Morgan fingerprint density at radius 1 is 0.583 bits per heavy atom. The summed E-state index contributed by atoms with van der Waals surface area (Å²) < 4.78 is 32.6. The molecule has 60 heavy (non-hydrogen) atoms. The lowest BCUT2D eigenvalue weighted by Gasteiger charge is -2.20. The third-order valence-electron chi connectivity index (χ3n) is 8.49. The van der Waals surface area contributed by atoms with Crippen LogP contribution in [0.25, 0.3) is 0 Å². The molecule has 4 atom stereocenters. The zero-order valence-corrected chi connectivity index (χ0v) is 37.4. The number of unbranched alkanes of at least 4 members (excludes halogenated alkanes) is 7. The van der Waals surface area contributed by atoms with E-state index in [0.717, 1.165) is 51.4 Å². The molecule has 0 heterocycles. The highest BCUT2D eigenvalue weighted by atomic mass is 31.2. The number of allylic oxidation sites excluding steroid dienone is 16. The van der Waals surface area contributed by atoms with E-state index in [0.29, 0.717) is 32.1 Å². The molecule has 2 unspecified atom stereocenters. The van der Waals surface area contributed by atoms with Crippen LogP contribution in [0.5, 0.6) is 0 Å². The second-order valence-electron chi connectivity index (χ2n) is 14.2. The predicted octanol–water partition coefficient (Wildman–Crippen LogP) is 10.7. The summed E-state index contributed by atoms with van der Waals surface area (Å²) in [6, 6.07) is 0. The SMILES string of the molecule is CC/C=C\C/C=C\CC(O)/C=C/C=C\C/C=C\CCCC(=O)O[C@H](COC(=O)CCCCC/C=C\C/C=C\C/C=C\C/C=C\CCCCC)COP(=O)(O)OC[C@@H](O)CO. The van der Waals surface area contributed by atoms with Gasteiger partial charge < -0.3 is 29.7 Å². The van der Waals surface area contributed by atoms with Crippen LogP contribution in [-0.4, -0.2) is 76.9 Å². The molecule has 0 rings (SSSR count). The summed E-state index contributed by atoms with van der Waals surface area (Å²) in [5, 5.41) is 28.4. The van der Waals surface area contributed by atoms with E-state index in [1.165, 1.54) is 25.7 Å². The Bertz CT molecular complexity index is 1380. The number of ether oxygens (including phenoxy) is 2. The molecule has 0 bridgehead atoms. The summed E-state index contributed by atoms with van der Waals surface area (Å²) in [6.45, 7) is 2.01. The van der Waals surface area contributed by atoms with Gasteiger partial charge >= 0.3 is 19.8 Å². The van der Waals surface area contributed by atoms with E-state index >= 15 is 0 Å². The van der Waals surface area contributed by atoms with Gasteiger partial charge in [0.25, 0.3) is 0 Å². The van der Waals surface area contributed by atoms with Crippen LogP contribution in [-0.2, 0) is 32.7 Å². The minimum Gasteiger partial charge on any atom is -0.462 e. The zero-order chi connectivity index (χ0) is 44.2. The van der Waals surface area contributed by atoms with Gasteiger partial charge in [-0.25, -0.2) is 4.57 Å². The first-order chi connectivity index (χ1) is 29.1. The second-order valence-corrected chi connectivity index (χ2v) is 15.6. The van der Waals surface area contributed by atoms with Crippen LogP contribution in [0.2, 0.25) is 0 Å². The normalized spacial score (nSPS) is 15.4. The quantitative estimate of drug-likeness (QED) is 0.0153. The first-order valence-electron chi connectivity index (χ1n) is 22.0. The Morgan fingerprint density at radius 2 is 1.12 bits per heavy atom. The van der Waals surface area contributed by atoms with Crippen LogP contribution >= 0.6 is 7.82 Å². The van der Waals surface area contributed by atoms with E-state index in [9.17, 15) is 29.3 Å². The fraction of sp³-hybridized carbons (Fsp3) is 0.583. The zero-order valence-electron chi connectivity index (χ0n) is 36.5. The molecule has 0 amide bonds. The van der Waals surface area contributed by atoms with Crippen LogP contribution in [0.1, 0.15) is 136 Å². The Kier molecular flexibility index (Phi) is 39.9. The van der Waals surface area contributed by atoms with Crippen LogP contribution in [0, 0.1) is 0 Å². The molecule has 0 radical (unpaired) electrons. The summed E-state index contributed by atoms with van der Waals surface area (Å²) in [7, 11) is -4.67. The van der Waals surface area contributed by atoms with Crippen LogP contribution in [0.4, 0.5) is 0 Å². The molecule has 0 aromatic heterocycles. The smallest absolute Gasteiger partial charge is 0.462 e. The van der Waals surface area contributed by atoms with Gasteiger partial charge in [0.05, 0.1) is 25.9 Å². The molecule has 4 N–H and O–H groups in total. The number of aliphatic hydroxyl groups is 3. The summed E-state index contributed by atoms with van der Waals surface area (Å²) in [4.78, 5) is 35.0. The molecule has 0 fully saturated rings. The van der Waals surface area contributed by atoms with Crippen molar-refractivity contribution in [2.45, 2.75) is 154 Å². The number of hydrogen-bond acceptors (Lipinski definition) is 10. The highest BCUT2D eigenvalue weighted by molar-refractivity contribution is 7.47. The lowest BCUT2D eigenvalue weighted by molar-refractivity contribution is -0.161. The average Bonchev–Trinajstić information content (AvgIpc) is 3.23. The number of rotatable bonds is 39. The van der Waals surface area contributed by atoms with E-state index in [1.807, 2.05) is 42.5 Å². The van der Waals surface area contributed by atoms with Crippen LogP contribution in [0.3, 0.4) is 0 Å². The minimum atomic E-state index is -4.67. The minimum absolute atomic E-state index is 0.0595. The van der Waals surface area contributed by atoms with Crippen molar-refractivity contribution in [2.75, 3.05) is 26.4 Å². The summed E-state index contributed by atoms with van der Waals surface area (Å²) >= 11 is 0. The first-order valence-corrected chi connectivity index (χ1v) is 23.4. The predicted molar refractivity (Wildman–Crippen MR) is 243 cm³/mol. The topological polar surface area (TPSA) is 169 Å². The molecule has 340 valence electrons. The van der Waals surface area contributed by atoms with Crippen LogP contribution in [0.15, 0.2) is 109 Å². The van der Waals surface area contributed by atoms with E-state index in [4.69, 9.17) is 19.1 Å². The van der Waals surface area contributed by atoms with Gasteiger partial charge in [-0.2, -0.15) is 0 Å². The Morgan fingerprint density at radius 3 is 1.73 bits per heavy atom. The largest absolute Gasteiger partial charge is 0.472 e. The molecule has 0 spiro atoms. The Balaban J connectivity index is 4.53. The van der Waals surface area contributed by atoms with Crippen molar-refractivity contribution in [1.29, 1.82) is 0 Å². The third-order valence-corrected chi connectivity index (χ3v) is 9.44. The molecule has 0 aliphatic carbocycles. The molecule has 0 aliphatic rings. The maximum absolute atomic E-state index is 12.6. The van der Waals surface area contributed by atoms with Crippen molar-refractivity contribution >= 4 is 19.8 Å². The maximum atomic E-state index is 12.6. The summed E-state index contributed by atoms with van der Waals surface area (Å²) in [6.07, 6.45) is 49.4. The second kappa shape index (κ2) is 42.3. The third kappa shape index (κ3) is 41.3. The average molecular weight is 861 g/mol. The van der Waals surface area contributed by atoms with Crippen LogP contribution < -0.4 is 0 Å². The maximum Gasteiger partial charge on any atom is 0.472 e. The van der Waals surface area contributed by atoms with Gasteiger partial charge in [-0.15, -0.1) is 0 Å². The van der Waals surface area contributed by atoms with Gasteiger partial charge in [-0.1, -0.05) is 142 Å². The number of carbonyl (C=O) groups excluding carboxylic acids is 2. The summed E-state index contributed by atoms with van der Waals surface area (Å²) in [5.74, 6) is -1.08. The van der Waals surface area contributed by atoms with Crippen molar-refractivity contribution in [2.24, 2.45) is 0 Å². The molecule has 0 aliphatic heterocycles. The Hall–Kier alpha value is -3.41. The van der Waals surface area contributed by atoms with Crippen molar-refractivity contribution in [3.8, 4) is 0 Å². The molecule has 0 saturated heterocycles. The van der Waals surface area contributed by atoms with Crippen molar-refractivity contribution in [3.05, 3.63) is 109 Å². The molecular weight excluding hydrogens is 783 g/mol. The molecule has 0 aromatic rings. The Labute approximate surface area is 361 Å². The fourth-order valence-electron chi connectivity index (χ4n) is 5.09. The number of hydrogen-bond donors (Lipinski definition) is 4. The molecule has 0 aromatic carbocycles. The highest BCUT2D eigenvalue weighted by Crippen LogP contribution is 2.43. The number of phosphoric ester groups is 1. The number of aliphatic hydroxyl groups excluding tert-OH is 3. The lowest BCUT2D eigenvalue weighted by Crippen LogP contribution is -2.29.